The summed E-state index contributed by atoms with van der Waals surface area (Å²) in [6.45, 7) is 11.9. The first-order valence-electron chi connectivity index (χ1n) is 6.53. The first kappa shape index (κ1) is 12.7. The Morgan fingerprint density at radius 3 is 2.41 bits per heavy atom. The van der Waals surface area contributed by atoms with Crippen LogP contribution in [0.15, 0.2) is 0 Å². The van der Waals surface area contributed by atoms with Crippen LogP contribution in [-0.4, -0.2) is 42.8 Å². The third-order valence-corrected chi connectivity index (χ3v) is 4.49. The van der Waals surface area contributed by atoms with Crippen molar-refractivity contribution in [2.45, 2.75) is 39.7 Å². The molecule has 2 fully saturated rings. The van der Waals surface area contributed by atoms with Crippen molar-refractivity contribution in [1.82, 2.24) is 10.2 Å². The van der Waals surface area contributed by atoms with Crippen molar-refractivity contribution >= 4 is 6.09 Å². The molecule has 0 radical (unpaired) electrons. The molecule has 0 aromatic rings. The Morgan fingerprint density at radius 1 is 1.35 bits per heavy atom. The zero-order valence-corrected chi connectivity index (χ0v) is 11.4. The van der Waals surface area contributed by atoms with Crippen molar-refractivity contribution in [3.8, 4) is 0 Å². The molecular weight excluding hydrogens is 216 g/mol. The Kier molecular flexibility index (Phi) is 3.10. The quantitative estimate of drug-likeness (QED) is 0.801. The first-order chi connectivity index (χ1) is 7.85. The molecule has 17 heavy (non-hydrogen) atoms. The number of nitrogens with one attached hydrogen (secondary N) is 1. The van der Waals surface area contributed by atoms with Gasteiger partial charge in [0.2, 0.25) is 0 Å². The van der Waals surface area contributed by atoms with E-state index < -0.39 is 0 Å². The Hall–Kier alpha value is -0.770. The highest BCUT2D eigenvalue weighted by Crippen LogP contribution is 2.37. The Balaban J connectivity index is 1.90. The number of nitrogens with zero attached hydrogens (tertiary/aromatic N) is 1. The zero-order valence-electron chi connectivity index (χ0n) is 11.4. The second kappa shape index (κ2) is 4.16. The van der Waals surface area contributed by atoms with Crippen LogP contribution < -0.4 is 5.32 Å². The molecule has 98 valence electrons. The summed E-state index contributed by atoms with van der Waals surface area (Å²) in [4.78, 5) is 13.9. The molecule has 2 aliphatic rings. The molecule has 0 unspecified atom stereocenters. The highest BCUT2D eigenvalue weighted by Gasteiger charge is 2.42. The zero-order chi connectivity index (χ0) is 12.7. The monoisotopic (exact) mass is 240 g/mol. The van der Waals surface area contributed by atoms with Gasteiger partial charge in [0.05, 0.1) is 0 Å². The van der Waals surface area contributed by atoms with Gasteiger partial charge >= 0.3 is 6.09 Å². The summed E-state index contributed by atoms with van der Waals surface area (Å²) < 4.78 is 5.56. The van der Waals surface area contributed by atoms with Gasteiger partial charge in [-0.25, -0.2) is 4.79 Å². The Bertz CT molecular complexity index is 313. The number of amides is 1. The van der Waals surface area contributed by atoms with Crippen LogP contribution in [0.3, 0.4) is 0 Å². The molecule has 2 aliphatic heterocycles. The predicted octanol–water partition coefficient (Wildman–Crippen LogP) is 1.85. The number of carbonyl (C=O) groups is 1. The summed E-state index contributed by atoms with van der Waals surface area (Å²) in [6.07, 6.45) is 0.938. The lowest BCUT2D eigenvalue weighted by Crippen LogP contribution is -2.60. The summed E-state index contributed by atoms with van der Waals surface area (Å²) in [7, 11) is 0. The lowest BCUT2D eigenvalue weighted by atomic mass is 9.79. The highest BCUT2D eigenvalue weighted by molar-refractivity contribution is 5.68. The molecule has 0 aliphatic carbocycles. The molecule has 0 aromatic carbocycles. The Morgan fingerprint density at radius 2 is 2.00 bits per heavy atom. The fourth-order valence-corrected chi connectivity index (χ4v) is 2.44. The van der Waals surface area contributed by atoms with E-state index in [0.717, 1.165) is 32.6 Å². The molecule has 0 bridgehead atoms. The van der Waals surface area contributed by atoms with Crippen molar-refractivity contribution in [3.63, 3.8) is 0 Å². The topological polar surface area (TPSA) is 41.6 Å². The average molecular weight is 240 g/mol. The molecule has 2 rings (SSSR count). The molecule has 2 saturated heterocycles. The summed E-state index contributed by atoms with van der Waals surface area (Å²) in [6, 6.07) is 0. The largest absolute Gasteiger partial charge is 0.440 e. The molecular formula is C13H24N2O2. The minimum atomic E-state index is -0.284. The molecule has 0 saturated carbocycles. The van der Waals surface area contributed by atoms with Crippen LogP contribution in [0.1, 0.15) is 34.1 Å². The minimum Gasteiger partial charge on any atom is -0.440 e. The standard InChI is InChI=1S/C13H24N2O2/c1-10(2)12(3)5-6-15(9-12)11(16)17-13(4)7-14-8-13/h10,14H,5-9H2,1-4H3/t12-/m0/s1. The third-order valence-electron chi connectivity index (χ3n) is 4.49. The van der Waals surface area contributed by atoms with Gasteiger partial charge in [-0.3, -0.25) is 0 Å². The van der Waals surface area contributed by atoms with Crippen LogP contribution in [-0.2, 0) is 4.74 Å². The van der Waals surface area contributed by atoms with E-state index >= 15 is 0 Å². The van der Waals surface area contributed by atoms with Gasteiger partial charge in [-0.05, 0) is 24.7 Å². The summed E-state index contributed by atoms with van der Waals surface area (Å²) in [5.41, 5.74) is -0.0360. The Labute approximate surface area is 104 Å². The summed E-state index contributed by atoms with van der Waals surface area (Å²) in [5.74, 6) is 0.598. The van der Waals surface area contributed by atoms with Crippen LogP contribution in [0.25, 0.3) is 0 Å². The van der Waals surface area contributed by atoms with E-state index in [9.17, 15) is 4.79 Å². The molecule has 0 spiro atoms. The van der Waals surface area contributed by atoms with Crippen LogP contribution >= 0.6 is 0 Å². The van der Waals surface area contributed by atoms with Gasteiger partial charge in [-0.1, -0.05) is 20.8 Å². The van der Waals surface area contributed by atoms with Gasteiger partial charge in [0.15, 0.2) is 0 Å². The van der Waals surface area contributed by atoms with Crippen molar-refractivity contribution in [3.05, 3.63) is 0 Å². The fourth-order valence-electron chi connectivity index (χ4n) is 2.44. The van der Waals surface area contributed by atoms with Crippen LogP contribution in [0.2, 0.25) is 0 Å². The molecule has 2 heterocycles. The van der Waals surface area contributed by atoms with E-state index in [-0.39, 0.29) is 17.1 Å². The number of carbonyl (C=O) groups excluding carboxylic acids is 1. The maximum atomic E-state index is 12.0. The lowest BCUT2D eigenvalue weighted by molar-refractivity contribution is -0.0292. The third kappa shape index (κ3) is 2.41. The van der Waals surface area contributed by atoms with Gasteiger partial charge in [0, 0.05) is 26.2 Å². The van der Waals surface area contributed by atoms with Crippen molar-refractivity contribution in [2.75, 3.05) is 26.2 Å². The number of likely N-dealkylation sites (tertiary alicyclic amines) is 1. The summed E-state index contributed by atoms with van der Waals surface area (Å²) >= 11 is 0. The summed E-state index contributed by atoms with van der Waals surface area (Å²) in [5, 5.41) is 3.14. The van der Waals surface area contributed by atoms with Crippen LogP contribution in [0.4, 0.5) is 4.79 Å². The van der Waals surface area contributed by atoms with E-state index in [1.54, 1.807) is 0 Å². The van der Waals surface area contributed by atoms with Gasteiger partial charge in [-0.15, -0.1) is 0 Å². The van der Waals surface area contributed by atoms with Gasteiger partial charge in [0.1, 0.15) is 5.60 Å². The van der Waals surface area contributed by atoms with E-state index in [1.165, 1.54) is 0 Å². The number of ether oxygens (including phenoxy) is 1. The van der Waals surface area contributed by atoms with E-state index in [1.807, 2.05) is 11.8 Å². The van der Waals surface area contributed by atoms with E-state index in [4.69, 9.17) is 4.74 Å². The smallest absolute Gasteiger partial charge is 0.410 e. The van der Waals surface area contributed by atoms with Gasteiger partial charge < -0.3 is 15.0 Å². The van der Waals surface area contributed by atoms with Crippen molar-refractivity contribution < 1.29 is 9.53 Å². The molecule has 0 aromatic heterocycles. The van der Waals surface area contributed by atoms with E-state index in [2.05, 4.69) is 26.1 Å². The molecule has 1 N–H and O–H groups in total. The van der Waals surface area contributed by atoms with Crippen LogP contribution in [0, 0.1) is 11.3 Å². The average Bonchev–Trinajstić information content (AvgIpc) is 2.60. The first-order valence-corrected chi connectivity index (χ1v) is 6.53. The second-order valence-electron chi connectivity index (χ2n) is 6.40. The molecule has 4 heteroatoms. The highest BCUT2D eigenvalue weighted by atomic mass is 16.6. The van der Waals surface area contributed by atoms with Crippen molar-refractivity contribution in [1.29, 1.82) is 0 Å². The number of rotatable bonds is 2. The maximum Gasteiger partial charge on any atom is 0.410 e. The predicted molar refractivity (Wildman–Crippen MR) is 66.9 cm³/mol. The van der Waals surface area contributed by atoms with Gasteiger partial charge in [-0.2, -0.15) is 0 Å². The second-order valence-corrected chi connectivity index (χ2v) is 6.40. The van der Waals surface area contributed by atoms with E-state index in [0.29, 0.717) is 5.92 Å². The van der Waals surface area contributed by atoms with Crippen molar-refractivity contribution in [2.24, 2.45) is 11.3 Å². The van der Waals surface area contributed by atoms with Crippen LogP contribution in [0.5, 0.6) is 0 Å². The molecule has 1 amide bonds. The maximum absolute atomic E-state index is 12.0. The number of hydrogen-bond acceptors (Lipinski definition) is 3. The number of hydrogen-bond donors (Lipinski definition) is 1. The lowest BCUT2D eigenvalue weighted by Gasteiger charge is -2.39. The molecule has 4 nitrogen and oxygen atoms in total. The fraction of sp³-hybridized carbons (Fsp3) is 0.923. The molecule has 1 atom stereocenters. The van der Waals surface area contributed by atoms with Gasteiger partial charge in [0.25, 0.3) is 0 Å². The SMILES string of the molecule is CC(C)[C@@]1(C)CCN(C(=O)OC2(C)CNC2)C1. The minimum absolute atomic E-state index is 0.140. The normalized spacial score (nSPS) is 31.5.